The van der Waals surface area contributed by atoms with Crippen molar-refractivity contribution in [3.8, 4) is 0 Å². The zero-order valence-electron chi connectivity index (χ0n) is 14.2. The van der Waals surface area contributed by atoms with Gasteiger partial charge in [0.2, 0.25) is 15.9 Å². The van der Waals surface area contributed by atoms with Crippen molar-refractivity contribution in [1.82, 2.24) is 9.29 Å². The summed E-state index contributed by atoms with van der Waals surface area (Å²) in [6.07, 6.45) is -2.54. The van der Waals surface area contributed by atoms with Crippen molar-refractivity contribution in [1.29, 1.82) is 0 Å². The molecule has 2 heterocycles. The molecule has 0 radical (unpaired) electrons. The van der Waals surface area contributed by atoms with Crippen LogP contribution in [0.25, 0.3) is 0 Å². The van der Waals surface area contributed by atoms with Gasteiger partial charge in [-0.1, -0.05) is 18.5 Å². The van der Waals surface area contributed by atoms with Crippen LogP contribution in [0, 0.1) is 0 Å². The normalized spacial score (nSPS) is 19.4. The fourth-order valence-electron chi connectivity index (χ4n) is 2.72. The summed E-state index contributed by atoms with van der Waals surface area (Å²) in [5, 5.41) is -0.503. The molecule has 0 amide bonds. The van der Waals surface area contributed by atoms with Crippen LogP contribution < -0.4 is 0 Å². The Morgan fingerprint density at radius 2 is 2.11 bits per heavy atom. The average molecular weight is 425 g/mol. The molecule has 3 rings (SSSR count). The second-order valence-corrected chi connectivity index (χ2v) is 8.13. The molecular formula is C16H16ClF3N2O4S. The lowest BCUT2D eigenvalue weighted by Gasteiger charge is -2.32. The summed E-state index contributed by atoms with van der Waals surface area (Å²) in [6.45, 7) is 2.00. The van der Waals surface area contributed by atoms with E-state index in [1.807, 2.05) is 6.92 Å². The fraction of sp³-hybridized carbons (Fsp3) is 0.438. The number of nitrogens with zero attached hydrogens (tertiary/aromatic N) is 2. The Hall–Kier alpha value is -1.62. The van der Waals surface area contributed by atoms with Crippen LogP contribution in [0.5, 0.6) is 0 Å². The van der Waals surface area contributed by atoms with Crippen LogP contribution in [0.2, 0.25) is 5.02 Å². The molecule has 1 unspecified atom stereocenters. The average Bonchev–Trinajstić information content (AvgIpc) is 3.09. The molecule has 27 heavy (non-hydrogen) atoms. The van der Waals surface area contributed by atoms with Crippen LogP contribution in [0.15, 0.2) is 33.7 Å². The van der Waals surface area contributed by atoms with Gasteiger partial charge in [-0.2, -0.15) is 17.5 Å². The summed E-state index contributed by atoms with van der Waals surface area (Å²) in [5.74, 6) is 0.749. The topological polar surface area (TPSA) is 72.6 Å². The number of halogens is 4. The van der Waals surface area contributed by atoms with Crippen molar-refractivity contribution in [2.24, 2.45) is 0 Å². The zero-order valence-corrected chi connectivity index (χ0v) is 15.7. The Morgan fingerprint density at radius 3 is 2.70 bits per heavy atom. The van der Waals surface area contributed by atoms with Crippen LogP contribution in [-0.2, 0) is 27.4 Å². The van der Waals surface area contributed by atoms with E-state index >= 15 is 0 Å². The standard InChI is InChI=1S/C16H16ClF3N2O4S/c1-2-11-8-21-15(26-11)13-9-25-6-5-22(13)27(23,24)14-4-3-10(7-12(14)17)16(18,19)20/h3-4,7-8,13H,2,5-6,9H2,1H3. The van der Waals surface area contributed by atoms with Crippen molar-refractivity contribution in [2.45, 2.75) is 30.5 Å². The second-order valence-electron chi connectivity index (χ2n) is 5.87. The highest BCUT2D eigenvalue weighted by atomic mass is 35.5. The van der Waals surface area contributed by atoms with Gasteiger partial charge in [-0.3, -0.25) is 0 Å². The van der Waals surface area contributed by atoms with Gasteiger partial charge in [-0.15, -0.1) is 0 Å². The molecule has 2 aromatic rings. The molecule has 0 saturated carbocycles. The number of hydrogen-bond donors (Lipinski definition) is 0. The van der Waals surface area contributed by atoms with Gasteiger partial charge in [-0.05, 0) is 18.2 Å². The summed E-state index contributed by atoms with van der Waals surface area (Å²) in [6, 6.07) is 1.32. The van der Waals surface area contributed by atoms with E-state index in [2.05, 4.69) is 4.98 Å². The number of aromatic nitrogens is 1. The molecule has 0 aliphatic carbocycles. The molecule has 1 fully saturated rings. The molecule has 0 N–H and O–H groups in total. The third-order valence-electron chi connectivity index (χ3n) is 4.13. The zero-order chi connectivity index (χ0) is 19.8. The first-order chi connectivity index (χ1) is 12.6. The maximum Gasteiger partial charge on any atom is 0.416 e. The second kappa shape index (κ2) is 7.42. The van der Waals surface area contributed by atoms with E-state index < -0.39 is 37.7 Å². The van der Waals surface area contributed by atoms with E-state index in [9.17, 15) is 21.6 Å². The summed E-state index contributed by atoms with van der Waals surface area (Å²) in [7, 11) is -4.20. The summed E-state index contributed by atoms with van der Waals surface area (Å²) >= 11 is 5.88. The van der Waals surface area contributed by atoms with Crippen molar-refractivity contribution in [3.05, 3.63) is 46.6 Å². The molecule has 0 bridgehead atoms. The largest absolute Gasteiger partial charge is 0.444 e. The van der Waals surface area contributed by atoms with Crippen molar-refractivity contribution < 1.29 is 30.7 Å². The van der Waals surface area contributed by atoms with Gasteiger partial charge >= 0.3 is 6.18 Å². The first-order valence-corrected chi connectivity index (χ1v) is 9.87. The van der Waals surface area contributed by atoms with Crippen LogP contribution in [0.3, 0.4) is 0 Å². The number of aryl methyl sites for hydroxylation is 1. The van der Waals surface area contributed by atoms with E-state index in [0.717, 1.165) is 10.4 Å². The first kappa shape index (κ1) is 20.1. The third-order valence-corrected chi connectivity index (χ3v) is 6.52. The van der Waals surface area contributed by atoms with Crippen LogP contribution >= 0.6 is 11.6 Å². The molecule has 6 nitrogen and oxygen atoms in total. The quantitative estimate of drug-likeness (QED) is 0.748. The number of rotatable bonds is 4. The highest BCUT2D eigenvalue weighted by molar-refractivity contribution is 7.89. The number of oxazole rings is 1. The van der Waals surface area contributed by atoms with Crippen molar-refractivity contribution in [3.63, 3.8) is 0 Å². The van der Waals surface area contributed by atoms with E-state index in [4.69, 9.17) is 20.8 Å². The number of benzene rings is 1. The van der Waals surface area contributed by atoms with Crippen LogP contribution in [-0.4, -0.2) is 37.5 Å². The van der Waals surface area contributed by atoms with E-state index in [1.165, 1.54) is 6.20 Å². The third kappa shape index (κ3) is 3.98. The van der Waals surface area contributed by atoms with Gasteiger partial charge in [-0.25, -0.2) is 13.4 Å². The Labute approximate surface area is 158 Å². The predicted octanol–water partition coefficient (Wildman–Crippen LogP) is 3.67. The Kier molecular flexibility index (Phi) is 5.53. The Balaban J connectivity index is 1.99. The molecule has 0 spiro atoms. The number of morpholine rings is 1. The molecule has 1 aromatic heterocycles. The molecule has 1 atom stereocenters. The lowest BCUT2D eigenvalue weighted by molar-refractivity contribution is -0.137. The number of alkyl halides is 3. The van der Waals surface area contributed by atoms with Gasteiger partial charge < -0.3 is 9.15 Å². The smallest absolute Gasteiger partial charge is 0.416 e. The minimum absolute atomic E-state index is 0.00576. The van der Waals surface area contributed by atoms with Gasteiger partial charge in [0.25, 0.3) is 0 Å². The number of hydrogen-bond acceptors (Lipinski definition) is 5. The lowest BCUT2D eigenvalue weighted by atomic mass is 10.2. The fourth-order valence-corrected chi connectivity index (χ4v) is 4.80. The predicted molar refractivity (Wildman–Crippen MR) is 89.8 cm³/mol. The van der Waals surface area contributed by atoms with Crippen molar-refractivity contribution in [2.75, 3.05) is 19.8 Å². The highest BCUT2D eigenvalue weighted by Crippen LogP contribution is 2.36. The lowest BCUT2D eigenvalue weighted by Crippen LogP contribution is -2.43. The monoisotopic (exact) mass is 424 g/mol. The maximum absolute atomic E-state index is 13.1. The Bertz CT molecular complexity index is 930. The minimum Gasteiger partial charge on any atom is -0.444 e. The maximum atomic E-state index is 13.1. The number of sulfonamides is 1. The molecule has 1 aliphatic heterocycles. The van der Waals surface area contributed by atoms with Crippen molar-refractivity contribution >= 4 is 21.6 Å². The molecule has 1 aromatic carbocycles. The number of ether oxygens (including phenoxy) is 1. The van der Waals surface area contributed by atoms with E-state index in [-0.39, 0.29) is 25.6 Å². The summed E-state index contributed by atoms with van der Waals surface area (Å²) < 4.78 is 76.6. The molecule has 148 valence electrons. The van der Waals surface area contributed by atoms with Gasteiger partial charge in [0.15, 0.2) is 0 Å². The van der Waals surface area contributed by atoms with Gasteiger partial charge in [0.05, 0.1) is 30.0 Å². The minimum atomic E-state index is -4.62. The summed E-state index contributed by atoms with van der Waals surface area (Å²) in [4.78, 5) is 3.69. The van der Waals surface area contributed by atoms with Gasteiger partial charge in [0, 0.05) is 13.0 Å². The van der Waals surface area contributed by atoms with Crippen LogP contribution in [0.1, 0.15) is 30.2 Å². The molecule has 1 aliphatic rings. The SMILES string of the molecule is CCc1cnc(C2COCCN2S(=O)(=O)c2ccc(C(F)(F)F)cc2Cl)o1. The van der Waals surface area contributed by atoms with E-state index in [0.29, 0.717) is 24.3 Å². The Morgan fingerprint density at radius 1 is 1.37 bits per heavy atom. The van der Waals surface area contributed by atoms with Crippen LogP contribution in [0.4, 0.5) is 13.2 Å². The first-order valence-electron chi connectivity index (χ1n) is 8.05. The summed E-state index contributed by atoms with van der Waals surface area (Å²) in [5.41, 5.74) is -1.02. The highest BCUT2D eigenvalue weighted by Gasteiger charge is 2.39. The van der Waals surface area contributed by atoms with E-state index in [1.54, 1.807) is 0 Å². The molecular weight excluding hydrogens is 409 g/mol. The molecule has 1 saturated heterocycles. The molecule has 11 heteroatoms. The van der Waals surface area contributed by atoms with Gasteiger partial charge in [0.1, 0.15) is 16.7 Å².